The Balaban J connectivity index is 2.31. The number of halogens is 1. The summed E-state index contributed by atoms with van der Waals surface area (Å²) in [5.41, 5.74) is 1.41. The minimum absolute atomic E-state index is 0.320. The molecule has 2 aromatic carbocycles. The number of nitriles is 1. The van der Waals surface area contributed by atoms with E-state index in [1.165, 1.54) is 14.2 Å². The number of hydrogen-bond donors (Lipinski definition) is 1. The summed E-state index contributed by atoms with van der Waals surface area (Å²) in [5, 5.41) is 11.6. The third-order valence-electron chi connectivity index (χ3n) is 2.96. The summed E-state index contributed by atoms with van der Waals surface area (Å²) in [7, 11) is 3.02. The van der Waals surface area contributed by atoms with Gasteiger partial charge in [-0.1, -0.05) is 6.07 Å². The Bertz CT molecular complexity index is 728. The molecule has 0 radical (unpaired) electrons. The van der Waals surface area contributed by atoms with Gasteiger partial charge in [-0.15, -0.1) is 0 Å². The number of amides is 1. The van der Waals surface area contributed by atoms with Gasteiger partial charge in [-0.2, -0.15) is 5.26 Å². The predicted molar refractivity (Wildman–Crippen MR) is 86.4 cm³/mol. The average molecular weight is 361 g/mol. The van der Waals surface area contributed by atoms with Gasteiger partial charge in [0, 0.05) is 11.3 Å². The van der Waals surface area contributed by atoms with E-state index in [4.69, 9.17) is 14.7 Å². The molecule has 5 nitrogen and oxygen atoms in total. The lowest BCUT2D eigenvalue weighted by Gasteiger charge is -2.12. The second-order valence-electron chi connectivity index (χ2n) is 4.34. The van der Waals surface area contributed by atoms with Gasteiger partial charge in [0.1, 0.15) is 16.0 Å². The van der Waals surface area contributed by atoms with Crippen LogP contribution in [-0.4, -0.2) is 20.1 Å². The van der Waals surface area contributed by atoms with Gasteiger partial charge in [0.25, 0.3) is 5.91 Å². The number of hydrogen-bond acceptors (Lipinski definition) is 4. The van der Waals surface area contributed by atoms with Crippen LogP contribution >= 0.6 is 15.9 Å². The molecule has 0 spiro atoms. The second-order valence-corrected chi connectivity index (χ2v) is 5.13. The van der Waals surface area contributed by atoms with Crippen LogP contribution in [0.1, 0.15) is 15.9 Å². The monoisotopic (exact) mass is 360 g/mol. The van der Waals surface area contributed by atoms with Crippen molar-refractivity contribution in [1.82, 2.24) is 0 Å². The Morgan fingerprint density at radius 3 is 2.36 bits per heavy atom. The van der Waals surface area contributed by atoms with Crippen LogP contribution in [0.3, 0.4) is 0 Å². The Hall–Kier alpha value is -2.52. The SMILES string of the molecule is COc1cc(C(=O)Nc2cccc(C#N)c2)cc(OC)c1Br. The molecule has 0 fully saturated rings. The summed E-state index contributed by atoms with van der Waals surface area (Å²) in [6.45, 7) is 0. The van der Waals surface area contributed by atoms with Gasteiger partial charge in [0.2, 0.25) is 0 Å². The topological polar surface area (TPSA) is 71.3 Å². The number of nitrogens with one attached hydrogen (secondary N) is 1. The minimum Gasteiger partial charge on any atom is -0.495 e. The van der Waals surface area contributed by atoms with Gasteiger partial charge in [-0.25, -0.2) is 0 Å². The second kappa shape index (κ2) is 6.96. The molecule has 2 aromatic rings. The highest BCUT2D eigenvalue weighted by molar-refractivity contribution is 9.10. The Kier molecular flexibility index (Phi) is 5.02. The van der Waals surface area contributed by atoms with Crippen molar-refractivity contribution in [2.75, 3.05) is 19.5 Å². The first-order valence-corrected chi connectivity index (χ1v) is 7.11. The van der Waals surface area contributed by atoms with Gasteiger partial charge in [0.05, 0.1) is 25.9 Å². The number of carbonyl (C=O) groups is 1. The molecule has 112 valence electrons. The van der Waals surface area contributed by atoms with Crippen molar-refractivity contribution < 1.29 is 14.3 Å². The van der Waals surface area contributed by atoms with Gasteiger partial charge in [0.15, 0.2) is 0 Å². The van der Waals surface area contributed by atoms with Gasteiger partial charge < -0.3 is 14.8 Å². The van der Waals surface area contributed by atoms with E-state index in [1.807, 2.05) is 6.07 Å². The molecular formula is C16H13BrN2O3. The van der Waals surface area contributed by atoms with Crippen molar-refractivity contribution in [3.8, 4) is 17.6 Å². The maximum absolute atomic E-state index is 12.3. The lowest BCUT2D eigenvalue weighted by Crippen LogP contribution is -2.12. The molecule has 0 aliphatic carbocycles. The average Bonchev–Trinajstić information content (AvgIpc) is 2.55. The Morgan fingerprint density at radius 2 is 1.82 bits per heavy atom. The number of methoxy groups -OCH3 is 2. The van der Waals surface area contributed by atoms with Crippen LogP contribution in [0.25, 0.3) is 0 Å². The number of benzene rings is 2. The lowest BCUT2D eigenvalue weighted by atomic mass is 10.1. The number of carbonyl (C=O) groups excluding carboxylic acids is 1. The fourth-order valence-corrected chi connectivity index (χ4v) is 2.42. The van der Waals surface area contributed by atoms with E-state index in [0.29, 0.717) is 32.8 Å². The van der Waals surface area contributed by atoms with Crippen molar-refractivity contribution in [2.24, 2.45) is 0 Å². The highest BCUT2D eigenvalue weighted by Gasteiger charge is 2.15. The first kappa shape index (κ1) is 15.9. The molecule has 0 atom stereocenters. The number of rotatable bonds is 4. The Morgan fingerprint density at radius 1 is 1.18 bits per heavy atom. The zero-order chi connectivity index (χ0) is 16.1. The fourth-order valence-electron chi connectivity index (χ4n) is 1.87. The summed E-state index contributed by atoms with van der Waals surface area (Å²) >= 11 is 3.35. The summed E-state index contributed by atoms with van der Waals surface area (Å²) in [4.78, 5) is 12.3. The van der Waals surface area contributed by atoms with Crippen LogP contribution in [0.4, 0.5) is 5.69 Å². The van der Waals surface area contributed by atoms with E-state index in [1.54, 1.807) is 36.4 Å². The smallest absolute Gasteiger partial charge is 0.255 e. The molecule has 0 bridgehead atoms. The molecule has 0 heterocycles. The highest BCUT2D eigenvalue weighted by Crippen LogP contribution is 2.35. The largest absolute Gasteiger partial charge is 0.495 e. The third kappa shape index (κ3) is 3.38. The number of nitrogens with zero attached hydrogens (tertiary/aromatic N) is 1. The lowest BCUT2D eigenvalue weighted by molar-refractivity contribution is 0.102. The molecule has 6 heteroatoms. The predicted octanol–water partition coefficient (Wildman–Crippen LogP) is 3.59. The fraction of sp³-hybridized carbons (Fsp3) is 0.125. The van der Waals surface area contributed by atoms with Gasteiger partial charge in [-0.3, -0.25) is 4.79 Å². The van der Waals surface area contributed by atoms with Gasteiger partial charge in [-0.05, 0) is 46.3 Å². The third-order valence-corrected chi connectivity index (χ3v) is 3.74. The standard InChI is InChI=1S/C16H13BrN2O3/c1-21-13-7-11(8-14(22-2)15(13)17)16(20)19-12-5-3-4-10(6-12)9-18/h3-8H,1-2H3,(H,19,20). The van der Waals surface area contributed by atoms with E-state index in [-0.39, 0.29) is 5.91 Å². The normalized spacial score (nSPS) is 9.73. The summed E-state index contributed by atoms with van der Waals surface area (Å²) in [6, 6.07) is 11.9. The molecule has 2 rings (SSSR count). The maximum Gasteiger partial charge on any atom is 0.255 e. The van der Waals surface area contributed by atoms with Crippen molar-refractivity contribution in [3.05, 3.63) is 52.0 Å². The van der Waals surface area contributed by atoms with Crippen LogP contribution in [0, 0.1) is 11.3 Å². The van der Waals surface area contributed by atoms with Crippen molar-refractivity contribution >= 4 is 27.5 Å². The van der Waals surface area contributed by atoms with E-state index >= 15 is 0 Å². The molecule has 0 unspecified atom stereocenters. The zero-order valence-electron chi connectivity index (χ0n) is 12.0. The number of ether oxygens (including phenoxy) is 2. The molecule has 0 aromatic heterocycles. The van der Waals surface area contributed by atoms with Crippen molar-refractivity contribution in [2.45, 2.75) is 0 Å². The van der Waals surface area contributed by atoms with Crippen LogP contribution < -0.4 is 14.8 Å². The maximum atomic E-state index is 12.3. The highest BCUT2D eigenvalue weighted by atomic mass is 79.9. The van der Waals surface area contributed by atoms with Crippen LogP contribution in [-0.2, 0) is 0 Å². The number of anilines is 1. The zero-order valence-corrected chi connectivity index (χ0v) is 13.6. The minimum atomic E-state index is -0.320. The summed E-state index contributed by atoms with van der Waals surface area (Å²) in [6.07, 6.45) is 0. The first-order valence-electron chi connectivity index (χ1n) is 6.32. The summed E-state index contributed by atoms with van der Waals surface area (Å²) < 4.78 is 11.1. The quantitative estimate of drug-likeness (QED) is 0.904. The molecule has 0 saturated carbocycles. The molecule has 0 saturated heterocycles. The van der Waals surface area contributed by atoms with E-state index in [9.17, 15) is 4.79 Å². The van der Waals surface area contributed by atoms with Crippen molar-refractivity contribution in [3.63, 3.8) is 0 Å². The van der Waals surface area contributed by atoms with E-state index < -0.39 is 0 Å². The molecular weight excluding hydrogens is 348 g/mol. The molecule has 0 aliphatic rings. The molecule has 0 aliphatic heterocycles. The van der Waals surface area contributed by atoms with Crippen LogP contribution in [0.5, 0.6) is 11.5 Å². The summed E-state index contributed by atoms with van der Waals surface area (Å²) in [5.74, 6) is 0.671. The van der Waals surface area contributed by atoms with Crippen LogP contribution in [0.15, 0.2) is 40.9 Å². The van der Waals surface area contributed by atoms with E-state index in [2.05, 4.69) is 21.2 Å². The molecule has 1 amide bonds. The molecule has 1 N–H and O–H groups in total. The molecule has 22 heavy (non-hydrogen) atoms. The van der Waals surface area contributed by atoms with Crippen LogP contribution in [0.2, 0.25) is 0 Å². The van der Waals surface area contributed by atoms with Crippen molar-refractivity contribution in [1.29, 1.82) is 5.26 Å². The van der Waals surface area contributed by atoms with Gasteiger partial charge >= 0.3 is 0 Å². The van der Waals surface area contributed by atoms with E-state index in [0.717, 1.165) is 0 Å². The Labute approximate surface area is 136 Å². The first-order chi connectivity index (χ1) is 10.6.